The van der Waals surface area contributed by atoms with E-state index in [9.17, 15) is 63.0 Å². The second-order valence-electron chi connectivity index (χ2n) is 24.4. The summed E-state index contributed by atoms with van der Waals surface area (Å²) in [4.78, 5) is 167. The van der Waals surface area contributed by atoms with Crippen molar-refractivity contribution in [2.24, 2.45) is 17.6 Å². The Morgan fingerprint density at radius 1 is 0.495 bits per heavy atom. The molecule has 516 valence electrons. The van der Waals surface area contributed by atoms with Crippen LogP contribution in [-0.4, -0.2) is 153 Å². The second kappa shape index (κ2) is 36.8. The Morgan fingerprint density at radius 3 is 1.47 bits per heavy atom. The summed E-state index contributed by atoms with van der Waals surface area (Å²) in [5, 5.41) is 51.0. The zero-order chi connectivity index (χ0) is 70.9. The standard InChI is InChI=1S/C71H86N10O16/c1-7-60(83)74-55(33-45-23-29-50(30-24-45)97-39-62(86)87)65(89)77-56(34-44-21-27-48(28-22-44)71(95)96)66(90)80-59(37-61(84)85)68(92)79-58(36-49-38-73-53-17-12-11-16-51(49)53)67(91)76-54(32-40(2)3)64(88)78-57(35-43-19-25-47(26-20-43)46-14-9-8-10-15-46)69(93)81-63(41(4)5)70(94)75-52(42(6)82)18-13-31-72/h8-12,14-17,19-30,38,40-41,52,54-59,63,73H,7,13,18,31-37,39,72H2,1-6H3,(H,74,83)(H,75,94)(H,76,91)(H,77,89)(H,78,88)(H,79,92)(H,80,90)(H,81,93)(H,84,85)(H,86,87)(H,95,96)/t52-,54-,55-,56-,57-,58-,59-,63-/m0/s1. The number of carboxylic acid groups (broad SMARTS) is 3. The topological polar surface area (TPSA) is 413 Å². The van der Waals surface area contributed by atoms with Crippen LogP contribution in [0.3, 0.4) is 0 Å². The predicted molar refractivity (Wildman–Crippen MR) is 359 cm³/mol. The normalized spacial score (nSPS) is 13.6. The van der Waals surface area contributed by atoms with Gasteiger partial charge < -0.3 is 73.3 Å². The van der Waals surface area contributed by atoms with Crippen LogP contribution in [0.5, 0.6) is 5.75 Å². The first-order chi connectivity index (χ1) is 46.2. The quantitative estimate of drug-likeness (QED) is 0.0260. The van der Waals surface area contributed by atoms with Gasteiger partial charge in [-0.3, -0.25) is 47.9 Å². The van der Waals surface area contributed by atoms with E-state index in [1.54, 1.807) is 77.2 Å². The number of aliphatic carboxylic acids is 2. The van der Waals surface area contributed by atoms with Crippen molar-refractivity contribution in [1.82, 2.24) is 47.5 Å². The summed E-state index contributed by atoms with van der Waals surface area (Å²) in [7, 11) is 0. The van der Waals surface area contributed by atoms with Crippen LogP contribution in [0.2, 0.25) is 0 Å². The number of benzene rings is 5. The van der Waals surface area contributed by atoms with Crippen LogP contribution >= 0.6 is 0 Å². The maximum absolute atomic E-state index is 15.1. The highest BCUT2D eigenvalue weighted by molar-refractivity contribution is 6.00. The van der Waals surface area contributed by atoms with E-state index in [4.69, 9.17) is 15.6 Å². The van der Waals surface area contributed by atoms with Crippen molar-refractivity contribution in [2.45, 2.75) is 148 Å². The van der Waals surface area contributed by atoms with Gasteiger partial charge in [0.25, 0.3) is 0 Å². The van der Waals surface area contributed by atoms with Gasteiger partial charge in [-0.1, -0.05) is 132 Å². The van der Waals surface area contributed by atoms with Crippen molar-refractivity contribution >= 4 is 81.9 Å². The molecule has 0 saturated heterocycles. The van der Waals surface area contributed by atoms with Gasteiger partial charge in [0, 0.05) is 49.2 Å². The summed E-state index contributed by atoms with van der Waals surface area (Å²) < 4.78 is 5.22. The fourth-order valence-electron chi connectivity index (χ4n) is 10.7. The SMILES string of the molecule is CCC(=O)N[C@@H](Cc1ccc(OCC(=O)O)cc1)C(=O)N[C@@H](Cc1ccc(C(=O)O)cc1)C(=O)N[C@@H](CC(=O)O)C(=O)N[C@@H](Cc1c[nH]c2ccccc12)C(=O)N[C@@H](CC(C)C)C(=O)N[C@@H](Cc1ccc(-c2ccccc2)cc1)C(=O)N[C@H](C(=O)N[C@@H](CCCN)C(C)=O)C(C)C. The van der Waals surface area contributed by atoms with E-state index in [0.717, 1.165) is 11.1 Å². The molecule has 0 aliphatic rings. The van der Waals surface area contributed by atoms with E-state index >= 15 is 4.79 Å². The van der Waals surface area contributed by atoms with Gasteiger partial charge in [0.15, 0.2) is 12.4 Å². The molecular formula is C71H86N10O16. The van der Waals surface area contributed by atoms with Crippen LogP contribution in [0.25, 0.3) is 22.0 Å². The molecule has 0 aliphatic heterocycles. The number of hydrogen-bond donors (Lipinski definition) is 13. The van der Waals surface area contributed by atoms with Gasteiger partial charge in [-0.05, 0) is 108 Å². The Morgan fingerprint density at radius 2 is 0.959 bits per heavy atom. The number of nitrogens with two attached hydrogens (primary N) is 1. The third-order valence-corrected chi connectivity index (χ3v) is 15.9. The maximum Gasteiger partial charge on any atom is 0.341 e. The molecule has 1 heterocycles. The number of ether oxygens (including phenoxy) is 1. The van der Waals surface area contributed by atoms with Crippen LogP contribution in [0, 0.1) is 11.8 Å². The molecule has 97 heavy (non-hydrogen) atoms. The number of amides is 8. The Hall–Kier alpha value is -10.8. The molecule has 0 fully saturated rings. The number of aromatic amines is 1. The summed E-state index contributed by atoms with van der Waals surface area (Å²) in [5.41, 5.74) is 9.93. The van der Waals surface area contributed by atoms with E-state index in [0.29, 0.717) is 39.6 Å². The molecule has 8 atom stereocenters. The van der Waals surface area contributed by atoms with Gasteiger partial charge in [-0.15, -0.1) is 0 Å². The number of aromatic nitrogens is 1. The molecule has 6 aromatic rings. The monoisotopic (exact) mass is 1330 g/mol. The number of nitrogens with one attached hydrogen (secondary N) is 9. The fraction of sp³-hybridized carbons (Fsp3) is 0.380. The van der Waals surface area contributed by atoms with Crippen molar-refractivity contribution in [2.75, 3.05) is 13.2 Å². The van der Waals surface area contributed by atoms with Crippen molar-refractivity contribution in [1.29, 1.82) is 0 Å². The maximum atomic E-state index is 15.1. The number of ketones is 1. The van der Waals surface area contributed by atoms with Crippen molar-refractivity contribution < 1.29 is 77.6 Å². The van der Waals surface area contributed by atoms with Crippen molar-refractivity contribution in [3.05, 3.63) is 161 Å². The lowest BCUT2D eigenvalue weighted by Gasteiger charge is -2.29. The summed E-state index contributed by atoms with van der Waals surface area (Å²) in [6, 6.07) is 23.6. The van der Waals surface area contributed by atoms with Crippen LogP contribution < -0.4 is 53.0 Å². The molecular weight excluding hydrogens is 1250 g/mol. The zero-order valence-electron chi connectivity index (χ0n) is 55.0. The third-order valence-electron chi connectivity index (χ3n) is 15.9. The number of carboxylic acids is 3. The highest BCUT2D eigenvalue weighted by Gasteiger charge is 2.37. The van der Waals surface area contributed by atoms with E-state index < -0.39 is 132 Å². The second-order valence-corrected chi connectivity index (χ2v) is 24.4. The number of rotatable bonds is 38. The van der Waals surface area contributed by atoms with Gasteiger partial charge in [0.05, 0.1) is 18.0 Å². The number of para-hydroxylation sites is 1. The average molecular weight is 1340 g/mol. The Balaban J connectivity index is 1.32. The molecule has 0 radical (unpaired) electrons. The molecule has 6 rings (SSSR count). The van der Waals surface area contributed by atoms with Gasteiger partial charge in [0.2, 0.25) is 47.3 Å². The molecule has 5 aromatic carbocycles. The minimum Gasteiger partial charge on any atom is -0.482 e. The average Bonchev–Trinajstić information content (AvgIpc) is 1.79. The number of fused-ring (bicyclic) bond motifs is 1. The number of carbonyl (C=O) groups excluding carboxylic acids is 9. The van der Waals surface area contributed by atoms with E-state index in [-0.39, 0.29) is 74.5 Å². The highest BCUT2D eigenvalue weighted by Crippen LogP contribution is 2.23. The zero-order valence-corrected chi connectivity index (χ0v) is 55.0. The molecule has 0 saturated carbocycles. The summed E-state index contributed by atoms with van der Waals surface area (Å²) in [6.07, 6.45) is 0.226. The largest absolute Gasteiger partial charge is 0.482 e. The summed E-state index contributed by atoms with van der Waals surface area (Å²) >= 11 is 0. The molecule has 0 unspecified atom stereocenters. The minimum absolute atomic E-state index is 0.0274. The van der Waals surface area contributed by atoms with E-state index in [1.165, 1.54) is 55.5 Å². The lowest BCUT2D eigenvalue weighted by atomic mass is 9.97. The molecule has 26 heteroatoms. The highest BCUT2D eigenvalue weighted by atomic mass is 16.5. The smallest absolute Gasteiger partial charge is 0.341 e. The molecule has 0 bridgehead atoms. The first kappa shape index (κ1) is 75.3. The summed E-state index contributed by atoms with van der Waals surface area (Å²) in [5.74, 6) is -11.9. The van der Waals surface area contributed by atoms with Gasteiger partial charge in [0.1, 0.15) is 48.0 Å². The van der Waals surface area contributed by atoms with Crippen LogP contribution in [0.15, 0.2) is 134 Å². The lowest BCUT2D eigenvalue weighted by molar-refractivity contribution is -0.141. The first-order valence-electron chi connectivity index (χ1n) is 32.0. The Labute approximate surface area is 561 Å². The number of hydrogen-bond acceptors (Lipinski definition) is 14. The molecule has 0 spiro atoms. The Bertz CT molecular complexity index is 3730. The molecule has 26 nitrogen and oxygen atoms in total. The molecule has 8 amide bonds. The molecule has 0 aliphatic carbocycles. The number of aromatic carboxylic acids is 1. The van der Waals surface area contributed by atoms with Gasteiger partial charge >= 0.3 is 17.9 Å². The molecule has 14 N–H and O–H groups in total. The minimum atomic E-state index is -1.97. The van der Waals surface area contributed by atoms with Gasteiger partial charge in [-0.2, -0.15) is 0 Å². The van der Waals surface area contributed by atoms with Crippen molar-refractivity contribution in [3.63, 3.8) is 0 Å². The van der Waals surface area contributed by atoms with Crippen LogP contribution in [0.1, 0.15) is 106 Å². The summed E-state index contributed by atoms with van der Waals surface area (Å²) in [6.45, 7) is 9.50. The third kappa shape index (κ3) is 23.6. The Kier molecular flexibility index (Phi) is 28.5. The van der Waals surface area contributed by atoms with Crippen LogP contribution in [-0.2, 0) is 78.4 Å². The fourth-order valence-corrected chi connectivity index (χ4v) is 10.7. The van der Waals surface area contributed by atoms with Crippen LogP contribution in [0.4, 0.5) is 0 Å². The van der Waals surface area contributed by atoms with E-state index in [2.05, 4.69) is 47.5 Å². The van der Waals surface area contributed by atoms with Gasteiger partial charge in [-0.25, -0.2) is 9.59 Å². The number of carbonyl (C=O) groups is 12. The number of H-pyrrole nitrogens is 1. The molecule has 1 aromatic heterocycles. The number of Topliss-reactive ketones (excluding diaryl/α,β-unsaturated/α-hetero) is 1. The lowest BCUT2D eigenvalue weighted by Crippen LogP contribution is -2.61. The van der Waals surface area contributed by atoms with E-state index in [1.807, 2.05) is 42.5 Å². The predicted octanol–water partition coefficient (Wildman–Crippen LogP) is 4.06. The van der Waals surface area contributed by atoms with Crippen molar-refractivity contribution in [3.8, 4) is 16.9 Å². The first-order valence-corrected chi connectivity index (χ1v) is 32.0.